The maximum atomic E-state index is 11.8. The first-order valence-corrected chi connectivity index (χ1v) is 10.5. The van der Waals surface area contributed by atoms with Gasteiger partial charge in [-0.2, -0.15) is 0 Å². The molecule has 1 N–H and O–H groups in total. The average Bonchev–Trinajstić information content (AvgIpc) is 2.78. The van der Waals surface area contributed by atoms with Crippen LogP contribution in [0.5, 0.6) is 0 Å². The summed E-state index contributed by atoms with van der Waals surface area (Å²) in [5.41, 5.74) is 3.30. The molecule has 11 heteroatoms. The Balaban J connectivity index is 0.000000186. The van der Waals surface area contributed by atoms with Gasteiger partial charge in [0.1, 0.15) is 0 Å². The molecular formula is C21H21ClN4O6. The lowest BCUT2D eigenvalue weighted by Gasteiger charge is -2.29. The lowest BCUT2D eigenvalue weighted by atomic mass is 10.0. The molecule has 2 aliphatic rings. The summed E-state index contributed by atoms with van der Waals surface area (Å²) >= 11 is 5.64. The summed E-state index contributed by atoms with van der Waals surface area (Å²) in [5.74, 6) is 0.513. The molecule has 2 heterocycles. The Labute approximate surface area is 188 Å². The first-order valence-electron chi connectivity index (χ1n) is 10.0. The maximum absolute atomic E-state index is 11.8. The zero-order chi connectivity index (χ0) is 23.3. The molecule has 0 saturated carbocycles. The van der Waals surface area contributed by atoms with Gasteiger partial charge in [0.05, 0.1) is 9.85 Å². The van der Waals surface area contributed by atoms with Crippen LogP contribution in [0.3, 0.4) is 0 Å². The third-order valence-corrected chi connectivity index (χ3v) is 5.45. The lowest BCUT2D eigenvalue weighted by molar-refractivity contribution is -0.385. The van der Waals surface area contributed by atoms with Crippen LogP contribution in [0, 0.1) is 20.2 Å². The third kappa shape index (κ3) is 5.38. The number of nitro benzene ring substituents is 2. The monoisotopic (exact) mass is 460 g/mol. The van der Waals surface area contributed by atoms with Crippen LogP contribution >= 0.6 is 11.6 Å². The Morgan fingerprint density at radius 2 is 1.53 bits per heavy atom. The minimum absolute atomic E-state index is 0.0358. The molecule has 168 valence electrons. The number of carbonyl (C=O) groups is 2. The summed E-state index contributed by atoms with van der Waals surface area (Å²) in [5, 5.41) is 23.8. The Kier molecular flexibility index (Phi) is 7.37. The normalized spacial score (nSPS) is 14.5. The highest BCUT2D eigenvalue weighted by Crippen LogP contribution is 2.31. The van der Waals surface area contributed by atoms with E-state index in [1.807, 2.05) is 0 Å². The molecule has 0 aromatic heterocycles. The maximum Gasteiger partial charge on any atom is 0.269 e. The number of carbonyl (C=O) groups excluding carboxylic acids is 2. The number of fused-ring (bicyclic) bond motifs is 2. The number of nitrogens with zero attached hydrogens (tertiary/aromatic N) is 3. The van der Waals surface area contributed by atoms with Crippen molar-refractivity contribution in [1.29, 1.82) is 0 Å². The van der Waals surface area contributed by atoms with E-state index in [-0.39, 0.29) is 23.2 Å². The molecule has 0 unspecified atom stereocenters. The molecule has 2 aromatic rings. The Morgan fingerprint density at radius 3 is 2.19 bits per heavy atom. The Bertz CT molecular complexity index is 1070. The molecule has 10 nitrogen and oxygen atoms in total. The van der Waals surface area contributed by atoms with E-state index in [4.69, 9.17) is 11.6 Å². The van der Waals surface area contributed by atoms with E-state index in [1.54, 1.807) is 23.1 Å². The van der Waals surface area contributed by atoms with E-state index in [2.05, 4.69) is 5.32 Å². The smallest absolute Gasteiger partial charge is 0.269 e. The highest BCUT2D eigenvalue weighted by molar-refractivity contribution is 6.17. The largest absolute Gasteiger partial charge is 0.326 e. The summed E-state index contributed by atoms with van der Waals surface area (Å²) in [7, 11) is 0. The molecule has 0 radical (unpaired) electrons. The van der Waals surface area contributed by atoms with Crippen LogP contribution in [0.4, 0.5) is 22.7 Å². The molecule has 0 fully saturated rings. The summed E-state index contributed by atoms with van der Waals surface area (Å²) in [6, 6.07) is 9.11. The van der Waals surface area contributed by atoms with E-state index in [1.165, 1.54) is 18.2 Å². The number of amides is 2. The SMILES string of the molecule is O=C1CCc2cc([N+](=O)[O-])ccc2N1.O=C1CCc2cc([N+](=O)[O-])ccc2N1CCCCl. The number of hydrogen-bond acceptors (Lipinski definition) is 6. The van der Waals surface area contributed by atoms with Gasteiger partial charge < -0.3 is 10.2 Å². The molecule has 0 bridgehead atoms. The fourth-order valence-electron chi connectivity index (χ4n) is 3.61. The van der Waals surface area contributed by atoms with Gasteiger partial charge in [0.25, 0.3) is 11.4 Å². The van der Waals surface area contributed by atoms with Crippen molar-refractivity contribution in [2.45, 2.75) is 32.1 Å². The van der Waals surface area contributed by atoms with Gasteiger partial charge in [-0.15, -0.1) is 11.6 Å². The zero-order valence-electron chi connectivity index (χ0n) is 17.1. The van der Waals surface area contributed by atoms with Crippen LogP contribution in [0.25, 0.3) is 0 Å². The molecule has 0 atom stereocenters. The summed E-state index contributed by atoms with van der Waals surface area (Å²) in [6.07, 6.45) is 2.64. The Hall–Kier alpha value is -3.53. The second kappa shape index (κ2) is 10.2. The molecular weight excluding hydrogens is 440 g/mol. The van der Waals surface area contributed by atoms with Crippen molar-refractivity contribution in [3.63, 3.8) is 0 Å². The van der Waals surface area contributed by atoms with Gasteiger partial charge in [0.2, 0.25) is 11.8 Å². The average molecular weight is 461 g/mol. The van der Waals surface area contributed by atoms with E-state index in [9.17, 15) is 29.8 Å². The van der Waals surface area contributed by atoms with Gasteiger partial charge >= 0.3 is 0 Å². The second-order valence-electron chi connectivity index (χ2n) is 7.30. The number of aryl methyl sites for hydroxylation is 2. The number of non-ortho nitro benzene ring substituents is 2. The summed E-state index contributed by atoms with van der Waals surface area (Å²) in [6.45, 7) is 0.563. The second-order valence-corrected chi connectivity index (χ2v) is 7.68. The van der Waals surface area contributed by atoms with Gasteiger partial charge in [-0.05, 0) is 42.5 Å². The quantitative estimate of drug-likeness (QED) is 0.407. The highest BCUT2D eigenvalue weighted by atomic mass is 35.5. The summed E-state index contributed by atoms with van der Waals surface area (Å²) in [4.78, 5) is 44.8. The minimum Gasteiger partial charge on any atom is -0.326 e. The molecule has 0 aliphatic carbocycles. The minimum atomic E-state index is -0.434. The first-order chi connectivity index (χ1) is 15.3. The number of nitrogens with one attached hydrogen (secondary N) is 1. The zero-order valence-corrected chi connectivity index (χ0v) is 17.8. The van der Waals surface area contributed by atoms with Crippen molar-refractivity contribution in [2.75, 3.05) is 22.6 Å². The van der Waals surface area contributed by atoms with E-state index in [0.717, 1.165) is 16.8 Å². The van der Waals surface area contributed by atoms with Gasteiger partial charge in [-0.3, -0.25) is 29.8 Å². The van der Waals surface area contributed by atoms with Crippen LogP contribution in [0.2, 0.25) is 0 Å². The van der Waals surface area contributed by atoms with Crippen LogP contribution in [0.15, 0.2) is 36.4 Å². The standard InChI is InChI=1S/C12H13ClN2O3.C9H8N2O3/c13-6-1-7-14-11-4-3-10(15(17)18)8-9(11)2-5-12(14)16;12-9-4-1-6-5-7(11(13)14)2-3-8(6)10-9/h3-4,8H,1-2,5-7H2;2-3,5H,1,4H2,(H,10,12). The summed E-state index contributed by atoms with van der Waals surface area (Å²) < 4.78 is 0. The van der Waals surface area contributed by atoms with Crippen LogP contribution < -0.4 is 10.2 Å². The van der Waals surface area contributed by atoms with Crippen molar-refractivity contribution in [3.05, 3.63) is 67.8 Å². The fourth-order valence-corrected chi connectivity index (χ4v) is 3.73. The van der Waals surface area contributed by atoms with Gasteiger partial charge in [0, 0.05) is 60.9 Å². The number of nitro groups is 2. The van der Waals surface area contributed by atoms with Crippen LogP contribution in [0.1, 0.15) is 30.4 Å². The molecule has 2 amide bonds. The third-order valence-electron chi connectivity index (χ3n) is 5.18. The van der Waals surface area contributed by atoms with E-state index in [0.29, 0.717) is 50.2 Å². The molecule has 0 saturated heterocycles. The lowest BCUT2D eigenvalue weighted by Crippen LogP contribution is -2.36. The van der Waals surface area contributed by atoms with Crippen LogP contribution in [-0.2, 0) is 22.4 Å². The van der Waals surface area contributed by atoms with Gasteiger partial charge in [-0.25, -0.2) is 0 Å². The number of halogens is 1. The predicted molar refractivity (Wildman–Crippen MR) is 119 cm³/mol. The number of rotatable bonds is 5. The first kappa shape index (κ1) is 23.1. The molecule has 0 spiro atoms. The Morgan fingerprint density at radius 1 is 0.906 bits per heavy atom. The van der Waals surface area contributed by atoms with Crippen molar-refractivity contribution in [3.8, 4) is 0 Å². The van der Waals surface area contributed by atoms with Crippen molar-refractivity contribution in [2.24, 2.45) is 0 Å². The van der Waals surface area contributed by atoms with Crippen molar-refractivity contribution < 1.29 is 19.4 Å². The topological polar surface area (TPSA) is 136 Å². The highest BCUT2D eigenvalue weighted by Gasteiger charge is 2.25. The van der Waals surface area contributed by atoms with Crippen molar-refractivity contribution in [1.82, 2.24) is 0 Å². The predicted octanol–water partition coefficient (Wildman–Crippen LogP) is 3.98. The number of anilines is 2. The van der Waals surface area contributed by atoms with E-state index < -0.39 is 9.85 Å². The van der Waals surface area contributed by atoms with Crippen molar-refractivity contribution >= 4 is 46.2 Å². The van der Waals surface area contributed by atoms with Gasteiger partial charge in [0.15, 0.2) is 0 Å². The molecule has 2 aliphatic heterocycles. The van der Waals surface area contributed by atoms with Crippen LogP contribution in [-0.4, -0.2) is 34.1 Å². The molecule has 2 aromatic carbocycles. The molecule has 32 heavy (non-hydrogen) atoms. The van der Waals surface area contributed by atoms with E-state index >= 15 is 0 Å². The number of benzene rings is 2. The number of alkyl halides is 1. The molecule has 4 rings (SSSR count). The number of hydrogen-bond donors (Lipinski definition) is 1. The fraction of sp³-hybridized carbons (Fsp3) is 0.333. The van der Waals surface area contributed by atoms with Gasteiger partial charge in [-0.1, -0.05) is 0 Å².